The van der Waals surface area contributed by atoms with Gasteiger partial charge in [0.1, 0.15) is 11.6 Å². The van der Waals surface area contributed by atoms with Crippen LogP contribution in [0.4, 0.5) is 4.39 Å². The fourth-order valence-corrected chi connectivity index (χ4v) is 4.81. The van der Waals surface area contributed by atoms with Crippen molar-refractivity contribution in [3.8, 4) is 0 Å². The number of aromatic nitrogens is 2. The molecule has 8 heteroatoms. The average molecular weight is 351 g/mol. The van der Waals surface area contributed by atoms with Gasteiger partial charge in [-0.15, -0.1) is 11.6 Å². The van der Waals surface area contributed by atoms with Gasteiger partial charge < -0.3 is 4.57 Å². The first kappa shape index (κ1) is 15.1. The van der Waals surface area contributed by atoms with Gasteiger partial charge in [-0.1, -0.05) is 11.6 Å². The molecule has 1 fully saturated rings. The summed E-state index contributed by atoms with van der Waals surface area (Å²) in [5.74, 6) is 0.725. The number of hydrogen-bond donors (Lipinski definition) is 0. The molecule has 1 aliphatic heterocycles. The normalized spacial score (nSPS) is 21.2. The van der Waals surface area contributed by atoms with Crippen LogP contribution in [0, 0.1) is 5.82 Å². The summed E-state index contributed by atoms with van der Waals surface area (Å²) in [6.45, 7) is 0. The molecule has 0 amide bonds. The summed E-state index contributed by atoms with van der Waals surface area (Å²) in [6, 6.07) is 2.58. The Morgan fingerprint density at radius 1 is 1.43 bits per heavy atom. The molecule has 2 aromatic rings. The number of halogens is 3. The highest BCUT2D eigenvalue weighted by Crippen LogP contribution is 2.32. The molecule has 0 N–H and O–H groups in total. The molecule has 21 heavy (non-hydrogen) atoms. The Bertz CT molecular complexity index is 804. The molecular weight excluding hydrogens is 338 g/mol. The first-order chi connectivity index (χ1) is 9.91. The Balaban J connectivity index is 2.18. The van der Waals surface area contributed by atoms with Gasteiger partial charge in [0.05, 0.1) is 33.6 Å². The van der Waals surface area contributed by atoms with Gasteiger partial charge in [0.15, 0.2) is 9.84 Å². The predicted molar refractivity (Wildman–Crippen MR) is 81.4 cm³/mol. The van der Waals surface area contributed by atoms with E-state index in [0.29, 0.717) is 35.6 Å². The molecule has 4 nitrogen and oxygen atoms in total. The molecule has 0 bridgehead atoms. The topological polar surface area (TPSA) is 52.0 Å². The van der Waals surface area contributed by atoms with Crippen molar-refractivity contribution < 1.29 is 12.8 Å². The van der Waals surface area contributed by atoms with E-state index in [4.69, 9.17) is 23.2 Å². The van der Waals surface area contributed by atoms with E-state index in [1.54, 1.807) is 0 Å². The third-order valence-electron chi connectivity index (χ3n) is 3.70. The fraction of sp³-hybridized carbons (Fsp3) is 0.462. The third kappa shape index (κ3) is 2.76. The van der Waals surface area contributed by atoms with Crippen LogP contribution in [0.5, 0.6) is 0 Å². The lowest BCUT2D eigenvalue weighted by molar-refractivity contribution is 0.548. The van der Waals surface area contributed by atoms with Crippen molar-refractivity contribution in [2.24, 2.45) is 0 Å². The van der Waals surface area contributed by atoms with Gasteiger partial charge in [-0.2, -0.15) is 0 Å². The third-order valence-corrected chi connectivity index (χ3v) is 5.93. The lowest BCUT2D eigenvalue weighted by Crippen LogP contribution is -2.14. The van der Waals surface area contributed by atoms with Crippen LogP contribution in [0.1, 0.15) is 18.3 Å². The van der Waals surface area contributed by atoms with E-state index in [-0.39, 0.29) is 22.6 Å². The minimum absolute atomic E-state index is 0.00178. The number of fused-ring (bicyclic) bond motifs is 1. The number of nitrogens with zero attached hydrogens (tertiary/aromatic N) is 2. The van der Waals surface area contributed by atoms with Crippen molar-refractivity contribution in [3.63, 3.8) is 0 Å². The van der Waals surface area contributed by atoms with E-state index in [1.165, 1.54) is 12.1 Å². The van der Waals surface area contributed by atoms with E-state index in [2.05, 4.69) is 4.98 Å². The van der Waals surface area contributed by atoms with Gasteiger partial charge in [-0.3, -0.25) is 0 Å². The summed E-state index contributed by atoms with van der Waals surface area (Å²) in [5, 5.41) is 0.00178. The molecule has 1 saturated heterocycles. The molecule has 0 saturated carbocycles. The molecule has 2 heterocycles. The van der Waals surface area contributed by atoms with Crippen molar-refractivity contribution in [3.05, 3.63) is 28.8 Å². The van der Waals surface area contributed by atoms with Crippen molar-refractivity contribution in [1.82, 2.24) is 9.55 Å². The van der Waals surface area contributed by atoms with Crippen LogP contribution < -0.4 is 0 Å². The number of hydrogen-bond acceptors (Lipinski definition) is 3. The lowest BCUT2D eigenvalue weighted by Gasteiger charge is -2.15. The van der Waals surface area contributed by atoms with E-state index >= 15 is 0 Å². The first-order valence-electron chi connectivity index (χ1n) is 6.53. The number of aryl methyl sites for hydroxylation is 1. The van der Waals surface area contributed by atoms with Gasteiger partial charge in [0.25, 0.3) is 0 Å². The predicted octanol–water partition coefficient (Wildman–Crippen LogP) is 2.97. The van der Waals surface area contributed by atoms with Crippen LogP contribution >= 0.6 is 23.2 Å². The van der Waals surface area contributed by atoms with Gasteiger partial charge in [0.2, 0.25) is 0 Å². The second-order valence-electron chi connectivity index (χ2n) is 5.15. The monoisotopic (exact) mass is 350 g/mol. The Morgan fingerprint density at radius 2 is 2.19 bits per heavy atom. The SMILES string of the molecule is O=S1(=O)CCC(n2c(CCCl)nc3cc(F)c(Cl)cc32)C1. The van der Waals surface area contributed by atoms with Crippen LogP contribution in [-0.2, 0) is 16.3 Å². The highest BCUT2D eigenvalue weighted by Gasteiger charge is 2.31. The fourth-order valence-electron chi connectivity index (χ4n) is 2.79. The Morgan fingerprint density at radius 3 is 2.81 bits per heavy atom. The lowest BCUT2D eigenvalue weighted by atomic mass is 10.2. The van der Waals surface area contributed by atoms with Crippen LogP contribution in [-0.4, -0.2) is 35.4 Å². The molecule has 0 radical (unpaired) electrons. The maximum absolute atomic E-state index is 13.6. The zero-order valence-corrected chi connectivity index (χ0v) is 13.3. The zero-order chi connectivity index (χ0) is 15.2. The number of rotatable bonds is 3. The summed E-state index contributed by atoms with van der Waals surface area (Å²) in [5.41, 5.74) is 1.13. The highest BCUT2D eigenvalue weighted by molar-refractivity contribution is 7.91. The molecular formula is C13H13Cl2FN2O2S. The van der Waals surface area contributed by atoms with Gasteiger partial charge >= 0.3 is 0 Å². The maximum Gasteiger partial charge on any atom is 0.152 e. The van der Waals surface area contributed by atoms with Crippen LogP contribution in [0.15, 0.2) is 12.1 Å². The zero-order valence-electron chi connectivity index (χ0n) is 11.0. The number of alkyl halides is 1. The summed E-state index contributed by atoms with van der Waals surface area (Å²) in [7, 11) is -3.03. The summed E-state index contributed by atoms with van der Waals surface area (Å²) < 4.78 is 38.9. The van der Waals surface area contributed by atoms with Crippen LogP contribution in [0.2, 0.25) is 5.02 Å². The molecule has 1 atom stereocenters. The summed E-state index contributed by atoms with van der Waals surface area (Å²) in [4.78, 5) is 4.38. The molecule has 1 aromatic heterocycles. The molecule has 1 aliphatic rings. The molecule has 3 rings (SSSR count). The molecule has 0 spiro atoms. The molecule has 1 unspecified atom stereocenters. The van der Waals surface area contributed by atoms with Crippen molar-refractivity contribution in [1.29, 1.82) is 0 Å². The highest BCUT2D eigenvalue weighted by atomic mass is 35.5. The van der Waals surface area contributed by atoms with Crippen LogP contribution in [0.25, 0.3) is 11.0 Å². The second-order valence-corrected chi connectivity index (χ2v) is 8.16. The van der Waals surface area contributed by atoms with Crippen LogP contribution in [0.3, 0.4) is 0 Å². The van der Waals surface area contributed by atoms with Gasteiger partial charge in [-0.05, 0) is 12.5 Å². The largest absolute Gasteiger partial charge is 0.324 e. The average Bonchev–Trinajstić information content (AvgIpc) is 2.91. The summed E-state index contributed by atoms with van der Waals surface area (Å²) in [6.07, 6.45) is 1.02. The minimum Gasteiger partial charge on any atom is -0.324 e. The molecule has 114 valence electrons. The van der Waals surface area contributed by atoms with Gasteiger partial charge in [0, 0.05) is 18.4 Å². The quantitative estimate of drug-likeness (QED) is 0.799. The van der Waals surface area contributed by atoms with E-state index in [0.717, 1.165) is 0 Å². The second kappa shape index (κ2) is 5.41. The maximum atomic E-state index is 13.6. The van der Waals surface area contributed by atoms with E-state index in [1.807, 2.05) is 4.57 Å². The first-order valence-corrected chi connectivity index (χ1v) is 9.27. The molecule has 0 aliphatic carbocycles. The van der Waals surface area contributed by atoms with Crippen molar-refractivity contribution in [2.75, 3.05) is 17.4 Å². The summed E-state index contributed by atoms with van der Waals surface area (Å²) >= 11 is 11.6. The Hall–Kier alpha value is -0.850. The minimum atomic E-state index is -3.03. The van der Waals surface area contributed by atoms with E-state index in [9.17, 15) is 12.8 Å². The van der Waals surface area contributed by atoms with Crippen molar-refractivity contribution >= 4 is 44.1 Å². The molecule has 1 aromatic carbocycles. The Labute approximate surface area is 131 Å². The number of imidazole rings is 1. The number of benzene rings is 1. The van der Waals surface area contributed by atoms with E-state index < -0.39 is 15.7 Å². The standard InChI is InChI=1S/C13H13Cl2FN2O2S/c14-3-1-13-17-11-6-10(16)9(15)5-12(11)18(13)8-2-4-21(19,20)7-8/h5-6,8H,1-4,7H2. The Kier molecular flexibility index (Phi) is 3.88. The number of sulfone groups is 1. The van der Waals surface area contributed by atoms with Gasteiger partial charge in [-0.25, -0.2) is 17.8 Å². The smallest absolute Gasteiger partial charge is 0.152 e. The van der Waals surface area contributed by atoms with Crippen molar-refractivity contribution in [2.45, 2.75) is 18.9 Å².